The highest BCUT2D eigenvalue weighted by atomic mass is 15.1. The molecule has 1 aromatic heterocycles. The van der Waals surface area contributed by atoms with Gasteiger partial charge in [-0.05, 0) is 48.7 Å². The van der Waals surface area contributed by atoms with E-state index in [1.54, 1.807) is 0 Å². The van der Waals surface area contributed by atoms with Crippen LogP contribution >= 0.6 is 0 Å². The Bertz CT molecular complexity index is 577. The molecule has 0 atom stereocenters. The van der Waals surface area contributed by atoms with Crippen molar-refractivity contribution in [3.05, 3.63) is 42.1 Å². The monoisotopic (exact) mass is 285 g/mol. The van der Waals surface area contributed by atoms with Gasteiger partial charge in [0, 0.05) is 24.7 Å². The summed E-state index contributed by atoms with van der Waals surface area (Å²) in [5.74, 6) is 0. The van der Waals surface area contributed by atoms with E-state index in [2.05, 4.69) is 54.9 Å². The van der Waals surface area contributed by atoms with Crippen molar-refractivity contribution in [3.8, 4) is 0 Å². The molecule has 3 nitrogen and oxygen atoms in total. The quantitative estimate of drug-likeness (QED) is 0.847. The number of hydrogen-bond acceptors (Lipinski definition) is 3. The molecular formula is C18H27N3. The van der Waals surface area contributed by atoms with E-state index >= 15 is 0 Å². The highest BCUT2D eigenvalue weighted by Crippen LogP contribution is 2.19. The van der Waals surface area contributed by atoms with E-state index in [9.17, 15) is 0 Å². The van der Waals surface area contributed by atoms with Crippen LogP contribution in [0.1, 0.15) is 32.8 Å². The van der Waals surface area contributed by atoms with Crippen LogP contribution in [0.2, 0.25) is 0 Å². The van der Waals surface area contributed by atoms with Gasteiger partial charge in [0.25, 0.3) is 0 Å². The lowest BCUT2D eigenvalue weighted by molar-refractivity contribution is 0.176. The van der Waals surface area contributed by atoms with Crippen LogP contribution in [-0.4, -0.2) is 29.5 Å². The van der Waals surface area contributed by atoms with Gasteiger partial charge in [0.2, 0.25) is 0 Å². The molecule has 0 fully saturated rings. The highest BCUT2D eigenvalue weighted by Gasteiger charge is 2.19. The predicted molar refractivity (Wildman–Crippen MR) is 90.1 cm³/mol. The second-order valence-corrected chi connectivity index (χ2v) is 6.61. The third kappa shape index (κ3) is 4.51. The molecule has 1 aromatic carbocycles. The molecule has 0 saturated heterocycles. The standard InChI is InChI=1S/C18H27N3/c1-4-10-21(14-18(2,3)13-19)12-15-7-8-17-16(11-15)6-5-9-20-17/h5-9,11H,4,10,12-14,19H2,1-3H3. The van der Waals surface area contributed by atoms with Gasteiger partial charge in [-0.15, -0.1) is 0 Å². The van der Waals surface area contributed by atoms with Gasteiger partial charge in [0.15, 0.2) is 0 Å². The smallest absolute Gasteiger partial charge is 0.0702 e. The Balaban J connectivity index is 2.14. The maximum atomic E-state index is 5.88. The van der Waals surface area contributed by atoms with Crippen LogP contribution in [0.15, 0.2) is 36.5 Å². The normalized spacial score (nSPS) is 12.2. The number of pyridine rings is 1. The summed E-state index contributed by atoms with van der Waals surface area (Å²) in [6.07, 6.45) is 3.00. The van der Waals surface area contributed by atoms with Gasteiger partial charge in [-0.25, -0.2) is 0 Å². The van der Waals surface area contributed by atoms with Crippen LogP contribution in [0.4, 0.5) is 0 Å². The number of benzene rings is 1. The zero-order chi connectivity index (χ0) is 15.3. The summed E-state index contributed by atoms with van der Waals surface area (Å²) in [6, 6.07) is 10.7. The van der Waals surface area contributed by atoms with E-state index in [1.165, 1.54) is 10.9 Å². The average Bonchev–Trinajstić information content (AvgIpc) is 2.47. The summed E-state index contributed by atoms with van der Waals surface area (Å²) in [5, 5.41) is 1.21. The molecule has 0 amide bonds. The number of nitrogens with two attached hydrogens (primary N) is 1. The molecule has 0 aliphatic carbocycles. The first-order valence-corrected chi connectivity index (χ1v) is 7.80. The number of nitrogens with zero attached hydrogens (tertiary/aromatic N) is 2. The van der Waals surface area contributed by atoms with E-state index < -0.39 is 0 Å². The van der Waals surface area contributed by atoms with Crippen molar-refractivity contribution < 1.29 is 0 Å². The van der Waals surface area contributed by atoms with Gasteiger partial charge in [0.05, 0.1) is 5.52 Å². The molecule has 1 heterocycles. The second kappa shape index (κ2) is 7.01. The summed E-state index contributed by atoms with van der Waals surface area (Å²) < 4.78 is 0. The molecule has 2 rings (SSSR count). The number of aromatic nitrogens is 1. The Morgan fingerprint density at radius 1 is 1.24 bits per heavy atom. The van der Waals surface area contributed by atoms with Crippen molar-refractivity contribution >= 4 is 10.9 Å². The zero-order valence-corrected chi connectivity index (χ0v) is 13.5. The fraction of sp³-hybridized carbons (Fsp3) is 0.500. The fourth-order valence-electron chi connectivity index (χ4n) is 2.68. The number of rotatable bonds is 7. The lowest BCUT2D eigenvalue weighted by Crippen LogP contribution is -2.38. The van der Waals surface area contributed by atoms with Crippen molar-refractivity contribution in [2.75, 3.05) is 19.6 Å². The molecule has 0 bridgehead atoms. The molecule has 3 heteroatoms. The summed E-state index contributed by atoms with van der Waals surface area (Å²) >= 11 is 0. The van der Waals surface area contributed by atoms with Crippen LogP contribution in [-0.2, 0) is 6.54 Å². The third-order valence-electron chi connectivity index (χ3n) is 3.82. The first-order valence-electron chi connectivity index (χ1n) is 7.80. The maximum Gasteiger partial charge on any atom is 0.0702 e. The maximum absolute atomic E-state index is 5.88. The van der Waals surface area contributed by atoms with Gasteiger partial charge >= 0.3 is 0 Å². The lowest BCUT2D eigenvalue weighted by atomic mass is 9.92. The van der Waals surface area contributed by atoms with Crippen LogP contribution in [0.5, 0.6) is 0 Å². The minimum Gasteiger partial charge on any atom is -0.330 e. The Morgan fingerprint density at radius 3 is 2.76 bits per heavy atom. The van der Waals surface area contributed by atoms with Crippen molar-refractivity contribution in [3.63, 3.8) is 0 Å². The summed E-state index contributed by atoms with van der Waals surface area (Å²) in [4.78, 5) is 6.88. The Kier molecular flexibility index (Phi) is 5.32. The molecule has 0 saturated carbocycles. The molecule has 0 unspecified atom stereocenters. The van der Waals surface area contributed by atoms with E-state index in [0.717, 1.165) is 38.1 Å². The Labute approximate surface area is 128 Å². The molecule has 2 aromatic rings. The van der Waals surface area contributed by atoms with E-state index in [0.29, 0.717) is 0 Å². The third-order valence-corrected chi connectivity index (χ3v) is 3.82. The molecule has 0 aliphatic heterocycles. The number of fused-ring (bicyclic) bond motifs is 1. The minimum absolute atomic E-state index is 0.160. The van der Waals surface area contributed by atoms with Crippen molar-refractivity contribution in [2.45, 2.75) is 33.7 Å². The molecule has 2 N–H and O–H groups in total. The molecular weight excluding hydrogens is 258 g/mol. The van der Waals surface area contributed by atoms with Crippen LogP contribution < -0.4 is 5.73 Å². The van der Waals surface area contributed by atoms with Crippen LogP contribution in [0, 0.1) is 5.41 Å². The molecule has 0 radical (unpaired) electrons. The molecule has 0 spiro atoms. The molecule has 21 heavy (non-hydrogen) atoms. The first kappa shape index (κ1) is 15.9. The Morgan fingerprint density at radius 2 is 2.05 bits per heavy atom. The molecule has 114 valence electrons. The van der Waals surface area contributed by atoms with Crippen LogP contribution in [0.3, 0.4) is 0 Å². The predicted octanol–water partition coefficient (Wildman–Crippen LogP) is 3.43. The van der Waals surface area contributed by atoms with Gasteiger partial charge in [-0.2, -0.15) is 0 Å². The van der Waals surface area contributed by atoms with E-state index in [-0.39, 0.29) is 5.41 Å². The van der Waals surface area contributed by atoms with Gasteiger partial charge in [-0.3, -0.25) is 9.88 Å². The fourth-order valence-corrected chi connectivity index (χ4v) is 2.68. The van der Waals surface area contributed by atoms with E-state index in [4.69, 9.17) is 5.73 Å². The summed E-state index contributed by atoms with van der Waals surface area (Å²) in [5.41, 5.74) is 8.45. The largest absolute Gasteiger partial charge is 0.330 e. The van der Waals surface area contributed by atoms with Gasteiger partial charge < -0.3 is 5.73 Å². The molecule has 0 aliphatic rings. The second-order valence-electron chi connectivity index (χ2n) is 6.61. The SMILES string of the molecule is CCCN(Cc1ccc2ncccc2c1)CC(C)(C)CN. The topological polar surface area (TPSA) is 42.2 Å². The van der Waals surface area contributed by atoms with Gasteiger partial charge in [-0.1, -0.05) is 32.9 Å². The van der Waals surface area contributed by atoms with Gasteiger partial charge in [0.1, 0.15) is 0 Å². The summed E-state index contributed by atoms with van der Waals surface area (Å²) in [6.45, 7) is 10.5. The Hall–Kier alpha value is -1.45. The summed E-state index contributed by atoms with van der Waals surface area (Å²) in [7, 11) is 0. The lowest BCUT2D eigenvalue weighted by Gasteiger charge is -2.31. The van der Waals surface area contributed by atoms with Crippen molar-refractivity contribution in [1.82, 2.24) is 9.88 Å². The van der Waals surface area contributed by atoms with E-state index in [1.807, 2.05) is 12.3 Å². The first-order chi connectivity index (χ1) is 10.0. The van der Waals surface area contributed by atoms with Crippen LogP contribution in [0.25, 0.3) is 10.9 Å². The highest BCUT2D eigenvalue weighted by molar-refractivity contribution is 5.78. The minimum atomic E-state index is 0.160. The van der Waals surface area contributed by atoms with Crippen molar-refractivity contribution in [1.29, 1.82) is 0 Å². The average molecular weight is 285 g/mol. The zero-order valence-electron chi connectivity index (χ0n) is 13.5. The number of hydrogen-bond donors (Lipinski definition) is 1. The van der Waals surface area contributed by atoms with Crippen molar-refractivity contribution in [2.24, 2.45) is 11.1 Å².